The van der Waals surface area contributed by atoms with Crippen LogP contribution in [0, 0.1) is 11.8 Å². The minimum Gasteiger partial charge on any atom is -0.223 e. The predicted octanol–water partition coefficient (Wildman–Crippen LogP) is 0.945. The fraction of sp³-hybridized carbons (Fsp3) is 0.167. The van der Waals surface area contributed by atoms with Gasteiger partial charge in [-0.25, -0.2) is 31.7 Å². The van der Waals surface area contributed by atoms with Crippen molar-refractivity contribution in [3.63, 3.8) is 0 Å². The predicted molar refractivity (Wildman–Crippen MR) is 40.5 cm³/mol. The summed E-state index contributed by atoms with van der Waals surface area (Å²) in [5.41, 5.74) is -1.27. The Labute approximate surface area is 81.8 Å². The summed E-state index contributed by atoms with van der Waals surface area (Å²) in [6, 6.07) is 0.0484. The Balaban J connectivity index is 3.56. The maximum absolute atomic E-state index is 12.5. The summed E-state index contributed by atoms with van der Waals surface area (Å²) in [4.78, 5) is 2.53. The summed E-state index contributed by atoms with van der Waals surface area (Å²) < 4.78 is 70.9. The second-order valence-corrected chi connectivity index (χ2v) is 3.98. The van der Waals surface area contributed by atoms with E-state index < -0.39 is 38.8 Å². The van der Waals surface area contributed by atoms with Crippen LogP contribution in [0.15, 0.2) is 11.1 Å². The van der Waals surface area contributed by atoms with Gasteiger partial charge in [-0.1, -0.05) is 0 Å². The van der Waals surface area contributed by atoms with Crippen molar-refractivity contribution in [1.82, 2.24) is 4.98 Å². The van der Waals surface area contributed by atoms with E-state index in [1.165, 1.54) is 0 Å². The molecule has 0 aromatic carbocycles. The zero-order valence-electron chi connectivity index (χ0n) is 6.92. The van der Waals surface area contributed by atoms with E-state index in [-0.39, 0.29) is 6.07 Å². The van der Waals surface area contributed by atoms with E-state index in [0.717, 1.165) is 0 Å². The van der Waals surface area contributed by atoms with Gasteiger partial charge in [-0.2, -0.15) is 4.39 Å². The van der Waals surface area contributed by atoms with Gasteiger partial charge in [-0.15, -0.1) is 0 Å². The summed E-state index contributed by atoms with van der Waals surface area (Å²) in [5.74, 6) is -3.47. The number of sulfonamides is 1. The van der Waals surface area contributed by atoms with Crippen LogP contribution in [0.4, 0.5) is 17.6 Å². The van der Waals surface area contributed by atoms with Crippen LogP contribution in [0.2, 0.25) is 0 Å². The molecule has 0 spiro atoms. The molecule has 1 aromatic heterocycles. The fourth-order valence-electron chi connectivity index (χ4n) is 0.849. The lowest BCUT2D eigenvalue weighted by molar-refractivity contribution is 0.145. The smallest absolute Gasteiger partial charge is 0.223 e. The molecule has 0 aliphatic carbocycles. The van der Waals surface area contributed by atoms with Gasteiger partial charge in [0, 0.05) is 0 Å². The van der Waals surface area contributed by atoms with E-state index in [1.54, 1.807) is 0 Å². The van der Waals surface area contributed by atoms with Crippen LogP contribution in [0.3, 0.4) is 0 Å². The van der Waals surface area contributed by atoms with Crippen LogP contribution in [0.25, 0.3) is 0 Å². The van der Waals surface area contributed by atoms with Gasteiger partial charge < -0.3 is 0 Å². The SMILES string of the molecule is NS(=O)(=O)c1nc(F)c(F)cc1C(F)F. The van der Waals surface area contributed by atoms with Crippen molar-refractivity contribution in [2.45, 2.75) is 11.5 Å². The number of nitrogens with two attached hydrogens (primary N) is 1. The molecule has 4 nitrogen and oxygen atoms in total. The summed E-state index contributed by atoms with van der Waals surface area (Å²) in [5, 5.41) is 3.14. The molecule has 15 heavy (non-hydrogen) atoms. The van der Waals surface area contributed by atoms with Crippen LogP contribution >= 0.6 is 0 Å². The van der Waals surface area contributed by atoms with Crippen molar-refractivity contribution < 1.29 is 26.0 Å². The minimum absolute atomic E-state index is 0.0484. The third-order valence-electron chi connectivity index (χ3n) is 1.43. The first-order chi connectivity index (χ1) is 6.73. The van der Waals surface area contributed by atoms with Gasteiger partial charge >= 0.3 is 0 Å². The number of alkyl halides is 2. The molecule has 0 aliphatic heterocycles. The summed E-state index contributed by atoms with van der Waals surface area (Å²) in [7, 11) is -4.62. The quantitative estimate of drug-likeness (QED) is 0.621. The molecular weight excluding hydrogens is 240 g/mol. The van der Waals surface area contributed by atoms with Gasteiger partial charge in [-0.05, 0) is 6.07 Å². The second-order valence-electron chi connectivity index (χ2n) is 2.50. The van der Waals surface area contributed by atoms with Crippen LogP contribution < -0.4 is 5.14 Å². The number of primary sulfonamides is 1. The maximum atomic E-state index is 12.5. The summed E-state index contributed by atoms with van der Waals surface area (Å²) in [6.07, 6.45) is -3.32. The highest BCUT2D eigenvalue weighted by molar-refractivity contribution is 7.89. The lowest BCUT2D eigenvalue weighted by atomic mass is 10.3. The number of aromatic nitrogens is 1. The third-order valence-corrected chi connectivity index (χ3v) is 2.30. The molecule has 0 unspecified atom stereocenters. The average molecular weight is 244 g/mol. The lowest BCUT2D eigenvalue weighted by Crippen LogP contribution is -2.18. The van der Waals surface area contributed by atoms with E-state index in [9.17, 15) is 26.0 Å². The Bertz CT molecular complexity index is 488. The molecule has 0 amide bonds. The fourth-order valence-corrected chi connectivity index (χ4v) is 1.53. The minimum atomic E-state index is -4.62. The molecule has 0 saturated carbocycles. The molecule has 0 radical (unpaired) electrons. The molecule has 9 heteroatoms. The van der Waals surface area contributed by atoms with Gasteiger partial charge in [-0.3, -0.25) is 0 Å². The number of nitrogens with zero attached hydrogens (tertiary/aromatic N) is 1. The molecule has 84 valence electrons. The van der Waals surface area contributed by atoms with Gasteiger partial charge in [0.05, 0.1) is 5.56 Å². The van der Waals surface area contributed by atoms with Crippen LogP contribution in [-0.2, 0) is 10.0 Å². The van der Waals surface area contributed by atoms with E-state index in [4.69, 9.17) is 0 Å². The first-order valence-electron chi connectivity index (χ1n) is 3.40. The van der Waals surface area contributed by atoms with Gasteiger partial charge in [0.1, 0.15) is 0 Å². The Morgan fingerprint density at radius 3 is 2.27 bits per heavy atom. The molecule has 0 fully saturated rings. The molecule has 0 atom stereocenters. The van der Waals surface area contributed by atoms with Crippen LogP contribution in [0.1, 0.15) is 12.0 Å². The zero-order chi connectivity index (χ0) is 11.8. The molecular formula is C6H4F4N2O2S. The highest BCUT2D eigenvalue weighted by Crippen LogP contribution is 2.25. The largest absolute Gasteiger partial charge is 0.266 e. The number of halogens is 4. The highest BCUT2D eigenvalue weighted by Gasteiger charge is 2.25. The van der Waals surface area contributed by atoms with Crippen molar-refractivity contribution in [2.24, 2.45) is 5.14 Å². The van der Waals surface area contributed by atoms with E-state index in [0.29, 0.717) is 0 Å². The number of pyridine rings is 1. The Morgan fingerprint density at radius 2 is 1.87 bits per heavy atom. The Hall–Kier alpha value is -1.22. The van der Waals surface area contributed by atoms with Crippen molar-refractivity contribution in [3.05, 3.63) is 23.4 Å². The summed E-state index contributed by atoms with van der Waals surface area (Å²) in [6.45, 7) is 0. The van der Waals surface area contributed by atoms with Crippen molar-refractivity contribution in [1.29, 1.82) is 0 Å². The second kappa shape index (κ2) is 3.74. The maximum Gasteiger partial charge on any atom is 0.266 e. The molecule has 1 rings (SSSR count). The normalized spacial score (nSPS) is 12.1. The third kappa shape index (κ3) is 2.42. The highest BCUT2D eigenvalue weighted by atomic mass is 32.2. The Morgan fingerprint density at radius 1 is 1.33 bits per heavy atom. The van der Waals surface area contributed by atoms with Gasteiger partial charge in [0.2, 0.25) is 5.95 Å². The van der Waals surface area contributed by atoms with Gasteiger partial charge in [0.25, 0.3) is 16.4 Å². The van der Waals surface area contributed by atoms with Crippen molar-refractivity contribution in [3.8, 4) is 0 Å². The molecule has 1 heterocycles. The molecule has 0 bridgehead atoms. The van der Waals surface area contributed by atoms with Crippen LogP contribution in [-0.4, -0.2) is 13.4 Å². The zero-order valence-corrected chi connectivity index (χ0v) is 7.73. The molecule has 0 saturated heterocycles. The molecule has 0 aliphatic rings. The molecule has 1 aromatic rings. The molecule has 2 N–H and O–H groups in total. The van der Waals surface area contributed by atoms with Crippen LogP contribution in [0.5, 0.6) is 0 Å². The lowest BCUT2D eigenvalue weighted by Gasteiger charge is -2.05. The van der Waals surface area contributed by atoms with E-state index >= 15 is 0 Å². The monoisotopic (exact) mass is 244 g/mol. The van der Waals surface area contributed by atoms with E-state index in [1.807, 2.05) is 0 Å². The number of hydrogen-bond acceptors (Lipinski definition) is 3. The van der Waals surface area contributed by atoms with Crippen molar-refractivity contribution in [2.75, 3.05) is 0 Å². The standard InChI is InChI=1S/C6H4F4N2O2S/c7-3-1-2(4(8)9)6(12-5(3)10)15(11,13)14/h1,4H,(H2,11,13,14). The number of hydrogen-bond donors (Lipinski definition) is 1. The number of rotatable bonds is 2. The van der Waals surface area contributed by atoms with E-state index in [2.05, 4.69) is 10.1 Å². The Kier molecular flexibility index (Phi) is 2.95. The first-order valence-corrected chi connectivity index (χ1v) is 4.95. The topological polar surface area (TPSA) is 73.1 Å². The van der Waals surface area contributed by atoms with Gasteiger partial charge in [0.15, 0.2) is 10.8 Å². The summed E-state index contributed by atoms with van der Waals surface area (Å²) >= 11 is 0. The first kappa shape index (κ1) is 11.9. The van der Waals surface area contributed by atoms with Crippen molar-refractivity contribution >= 4 is 10.0 Å². The average Bonchev–Trinajstić information content (AvgIpc) is 2.06.